The van der Waals surface area contributed by atoms with Crippen molar-refractivity contribution >= 4 is 11.7 Å². The second-order valence-electron chi connectivity index (χ2n) is 9.46. The molecule has 0 radical (unpaired) electrons. The third kappa shape index (κ3) is 10.1. The minimum Gasteiger partial charge on any atom is -0.465 e. The van der Waals surface area contributed by atoms with Gasteiger partial charge in [0.15, 0.2) is 0 Å². The predicted molar refractivity (Wildman–Crippen MR) is 133 cm³/mol. The molecule has 0 aliphatic carbocycles. The Bertz CT molecular complexity index is 613. The van der Waals surface area contributed by atoms with E-state index in [1.807, 2.05) is 18.2 Å². The van der Waals surface area contributed by atoms with Crippen molar-refractivity contribution < 1.29 is 9.53 Å². The number of benzene rings is 1. The van der Waals surface area contributed by atoms with Gasteiger partial charge in [-0.3, -0.25) is 0 Å². The Kier molecular flexibility index (Phi) is 13.4. The van der Waals surface area contributed by atoms with Gasteiger partial charge in [-0.1, -0.05) is 110 Å². The number of nitrogens with one attached hydrogen (secondary N) is 1. The van der Waals surface area contributed by atoms with Gasteiger partial charge >= 0.3 is 5.97 Å². The van der Waals surface area contributed by atoms with E-state index in [2.05, 4.69) is 12.2 Å². The summed E-state index contributed by atoms with van der Waals surface area (Å²) in [6.07, 6.45) is 23.8. The zero-order valence-corrected chi connectivity index (χ0v) is 20.4. The average Bonchev–Trinajstić information content (AvgIpc) is 3.20. The third-order valence-corrected chi connectivity index (χ3v) is 6.86. The lowest BCUT2D eigenvalue weighted by Crippen LogP contribution is -2.03. The molecule has 1 aliphatic heterocycles. The highest BCUT2D eigenvalue weighted by Crippen LogP contribution is 2.35. The molecule has 0 bridgehead atoms. The first kappa shape index (κ1) is 25.7. The van der Waals surface area contributed by atoms with Crippen molar-refractivity contribution in [2.75, 3.05) is 19.0 Å². The number of hydrogen-bond acceptors (Lipinski definition) is 3. The zero-order chi connectivity index (χ0) is 22.2. The summed E-state index contributed by atoms with van der Waals surface area (Å²) in [5.41, 5.74) is 3.15. The molecule has 0 amide bonds. The lowest BCUT2D eigenvalue weighted by atomic mass is 9.93. The lowest BCUT2D eigenvalue weighted by molar-refractivity contribution is 0.0600. The van der Waals surface area contributed by atoms with Gasteiger partial charge in [0.2, 0.25) is 0 Å². The minimum atomic E-state index is -0.240. The van der Waals surface area contributed by atoms with E-state index in [4.69, 9.17) is 4.74 Å². The molecule has 3 nitrogen and oxygen atoms in total. The second kappa shape index (κ2) is 16.2. The van der Waals surface area contributed by atoms with Gasteiger partial charge in [-0.25, -0.2) is 4.79 Å². The Hall–Kier alpha value is -1.51. The van der Waals surface area contributed by atoms with Gasteiger partial charge in [-0.15, -0.1) is 0 Å². The average molecular weight is 430 g/mol. The molecule has 31 heavy (non-hydrogen) atoms. The van der Waals surface area contributed by atoms with E-state index in [9.17, 15) is 4.79 Å². The van der Waals surface area contributed by atoms with Crippen LogP contribution >= 0.6 is 0 Å². The number of methoxy groups -OCH3 is 1. The Morgan fingerprint density at radius 3 is 1.87 bits per heavy atom. The van der Waals surface area contributed by atoms with E-state index in [1.54, 1.807) is 0 Å². The fourth-order valence-electron chi connectivity index (χ4n) is 4.85. The molecule has 1 aromatic rings. The van der Waals surface area contributed by atoms with Crippen molar-refractivity contribution in [1.82, 2.24) is 0 Å². The number of carbonyl (C=O) groups is 1. The van der Waals surface area contributed by atoms with E-state index >= 15 is 0 Å². The van der Waals surface area contributed by atoms with Gasteiger partial charge in [-0.05, 0) is 30.2 Å². The van der Waals surface area contributed by atoms with Gasteiger partial charge in [0.05, 0.1) is 12.7 Å². The molecule has 3 heteroatoms. The topological polar surface area (TPSA) is 38.3 Å². The molecule has 0 saturated carbocycles. The number of hydrogen-bond donors (Lipinski definition) is 1. The standard InChI is InChI=1S/C28H47NO2/c1-3-4-5-6-7-8-9-10-11-12-13-14-15-16-17-18-19-25-23-29-27-21-20-24(22-26(25)27)28(30)31-2/h20-22,25,29H,3-19,23H2,1-2H3. The van der Waals surface area contributed by atoms with Gasteiger partial charge in [0, 0.05) is 18.2 Å². The molecular weight excluding hydrogens is 382 g/mol. The quantitative estimate of drug-likeness (QED) is 0.187. The molecule has 1 unspecified atom stereocenters. The third-order valence-electron chi connectivity index (χ3n) is 6.86. The molecule has 0 spiro atoms. The summed E-state index contributed by atoms with van der Waals surface area (Å²) in [6, 6.07) is 5.90. The van der Waals surface area contributed by atoms with E-state index < -0.39 is 0 Å². The van der Waals surface area contributed by atoms with Crippen LogP contribution in [0.5, 0.6) is 0 Å². The summed E-state index contributed by atoms with van der Waals surface area (Å²) in [7, 11) is 1.45. The second-order valence-corrected chi connectivity index (χ2v) is 9.46. The molecule has 0 saturated heterocycles. The minimum absolute atomic E-state index is 0.240. The van der Waals surface area contributed by atoms with E-state index in [0.29, 0.717) is 11.5 Å². The zero-order valence-electron chi connectivity index (χ0n) is 20.4. The SMILES string of the molecule is CCCCCCCCCCCCCCCCCCC1CNc2ccc(C(=O)OC)cc21. The summed E-state index contributed by atoms with van der Waals surface area (Å²) in [6.45, 7) is 3.29. The number of ether oxygens (including phenoxy) is 1. The molecular formula is C28H47NO2. The van der Waals surface area contributed by atoms with Crippen molar-refractivity contribution in [1.29, 1.82) is 0 Å². The number of carbonyl (C=O) groups excluding carboxylic acids is 1. The monoisotopic (exact) mass is 429 g/mol. The molecule has 176 valence electrons. The van der Waals surface area contributed by atoms with Crippen molar-refractivity contribution in [3.63, 3.8) is 0 Å². The van der Waals surface area contributed by atoms with Crippen LogP contribution in [-0.4, -0.2) is 19.6 Å². The molecule has 1 N–H and O–H groups in total. The summed E-state index contributed by atoms with van der Waals surface area (Å²) in [4.78, 5) is 11.8. The van der Waals surface area contributed by atoms with Crippen molar-refractivity contribution in [2.24, 2.45) is 0 Å². The lowest BCUT2D eigenvalue weighted by Gasteiger charge is -2.11. The molecule has 2 rings (SSSR count). The summed E-state index contributed by atoms with van der Waals surface area (Å²) < 4.78 is 4.87. The largest absolute Gasteiger partial charge is 0.465 e. The highest BCUT2D eigenvalue weighted by atomic mass is 16.5. The van der Waals surface area contributed by atoms with Crippen LogP contribution in [-0.2, 0) is 4.74 Å². The van der Waals surface area contributed by atoms with Gasteiger partial charge in [0.1, 0.15) is 0 Å². The van der Waals surface area contributed by atoms with Crippen LogP contribution in [0.4, 0.5) is 5.69 Å². The first-order chi connectivity index (χ1) is 15.3. The van der Waals surface area contributed by atoms with Crippen LogP contribution in [0, 0.1) is 0 Å². The first-order valence-electron chi connectivity index (χ1n) is 13.2. The number of rotatable bonds is 18. The van der Waals surface area contributed by atoms with Gasteiger partial charge in [0.25, 0.3) is 0 Å². The van der Waals surface area contributed by atoms with Crippen LogP contribution in [0.25, 0.3) is 0 Å². The fraction of sp³-hybridized carbons (Fsp3) is 0.750. The highest BCUT2D eigenvalue weighted by Gasteiger charge is 2.23. The van der Waals surface area contributed by atoms with E-state index in [0.717, 1.165) is 6.54 Å². The number of esters is 1. The molecule has 1 heterocycles. The maximum absolute atomic E-state index is 11.8. The summed E-state index contributed by atoms with van der Waals surface area (Å²) >= 11 is 0. The van der Waals surface area contributed by atoms with Crippen molar-refractivity contribution in [3.05, 3.63) is 29.3 Å². The summed E-state index contributed by atoms with van der Waals surface area (Å²) in [5, 5.41) is 3.49. The van der Waals surface area contributed by atoms with Crippen LogP contribution in [0.1, 0.15) is 138 Å². The molecule has 0 aromatic heterocycles. The molecule has 0 fully saturated rings. The first-order valence-corrected chi connectivity index (χ1v) is 13.2. The Balaban J connectivity index is 1.42. The van der Waals surface area contributed by atoms with Crippen molar-refractivity contribution in [2.45, 2.75) is 122 Å². The normalized spacial score (nSPS) is 15.0. The summed E-state index contributed by atoms with van der Waals surface area (Å²) in [5.74, 6) is 0.294. The Morgan fingerprint density at radius 2 is 1.35 bits per heavy atom. The van der Waals surface area contributed by atoms with Crippen LogP contribution in [0.15, 0.2) is 18.2 Å². The Labute approximate surface area is 191 Å². The van der Waals surface area contributed by atoms with E-state index in [-0.39, 0.29) is 5.97 Å². The number of fused-ring (bicyclic) bond motifs is 1. The molecule has 1 aromatic carbocycles. The smallest absolute Gasteiger partial charge is 0.337 e. The van der Waals surface area contributed by atoms with E-state index in [1.165, 1.54) is 128 Å². The maximum Gasteiger partial charge on any atom is 0.337 e. The Morgan fingerprint density at radius 1 is 0.839 bits per heavy atom. The number of anilines is 1. The van der Waals surface area contributed by atoms with Crippen molar-refractivity contribution in [3.8, 4) is 0 Å². The molecule has 1 aliphatic rings. The highest BCUT2D eigenvalue weighted by molar-refractivity contribution is 5.90. The molecule has 1 atom stereocenters. The maximum atomic E-state index is 11.8. The van der Waals surface area contributed by atoms with Gasteiger partial charge < -0.3 is 10.1 Å². The predicted octanol–water partition coefficient (Wildman–Crippen LogP) is 8.63. The van der Waals surface area contributed by atoms with Gasteiger partial charge in [-0.2, -0.15) is 0 Å². The van der Waals surface area contributed by atoms with Crippen LogP contribution < -0.4 is 5.32 Å². The fourth-order valence-corrected chi connectivity index (χ4v) is 4.85. The van der Waals surface area contributed by atoms with Crippen LogP contribution in [0.3, 0.4) is 0 Å². The van der Waals surface area contributed by atoms with Crippen LogP contribution in [0.2, 0.25) is 0 Å². The number of unbranched alkanes of at least 4 members (excludes halogenated alkanes) is 15.